The standard InChI is InChI=1S/C25H20F3N3/c26-25(27,28)21-13-7-12-20(16-21)22-17-23(29-15-14-18-8-3-1-4-9-18)31-24(30-22)19-10-5-2-6-11-19/h1-13,16-17H,14-15H2,(H,29,30,31). The van der Waals surface area contributed by atoms with Crippen molar-refractivity contribution in [3.05, 3.63) is 102 Å². The SMILES string of the molecule is FC(F)(F)c1cccc(-c2cc(NCCc3ccccc3)nc(-c3ccccc3)n2)c1. The van der Waals surface area contributed by atoms with Crippen LogP contribution in [0.3, 0.4) is 0 Å². The molecular formula is C25H20F3N3. The molecule has 0 saturated carbocycles. The van der Waals surface area contributed by atoms with Crippen LogP contribution >= 0.6 is 0 Å². The van der Waals surface area contributed by atoms with Gasteiger partial charge in [-0.2, -0.15) is 13.2 Å². The second-order valence-electron chi connectivity index (χ2n) is 7.07. The molecule has 0 aliphatic heterocycles. The molecule has 4 aromatic rings. The Morgan fingerprint density at radius 1 is 0.710 bits per heavy atom. The van der Waals surface area contributed by atoms with Gasteiger partial charge in [-0.05, 0) is 24.1 Å². The van der Waals surface area contributed by atoms with Gasteiger partial charge in [0.05, 0.1) is 11.3 Å². The molecule has 1 heterocycles. The Bertz CT molecular complexity index is 1140. The highest BCUT2D eigenvalue weighted by molar-refractivity contribution is 5.68. The molecule has 6 heteroatoms. The fraction of sp³-hybridized carbons (Fsp3) is 0.120. The minimum absolute atomic E-state index is 0.389. The number of alkyl halides is 3. The van der Waals surface area contributed by atoms with E-state index in [4.69, 9.17) is 0 Å². The van der Waals surface area contributed by atoms with E-state index in [2.05, 4.69) is 15.3 Å². The van der Waals surface area contributed by atoms with Gasteiger partial charge in [-0.3, -0.25) is 0 Å². The van der Waals surface area contributed by atoms with Crippen LogP contribution < -0.4 is 5.32 Å². The molecule has 0 radical (unpaired) electrons. The Morgan fingerprint density at radius 2 is 1.39 bits per heavy atom. The third kappa shape index (κ3) is 5.28. The zero-order valence-electron chi connectivity index (χ0n) is 16.6. The number of nitrogens with zero attached hydrogens (tertiary/aromatic N) is 2. The summed E-state index contributed by atoms with van der Waals surface area (Å²) in [4.78, 5) is 9.13. The quantitative estimate of drug-likeness (QED) is 0.388. The maximum Gasteiger partial charge on any atom is 0.416 e. The van der Waals surface area contributed by atoms with Gasteiger partial charge >= 0.3 is 6.18 Å². The van der Waals surface area contributed by atoms with Crippen molar-refractivity contribution in [2.24, 2.45) is 0 Å². The number of anilines is 1. The first-order valence-corrected chi connectivity index (χ1v) is 9.89. The lowest BCUT2D eigenvalue weighted by Crippen LogP contribution is -2.08. The van der Waals surface area contributed by atoms with Gasteiger partial charge < -0.3 is 5.32 Å². The van der Waals surface area contributed by atoms with Crippen molar-refractivity contribution >= 4 is 5.82 Å². The van der Waals surface area contributed by atoms with Gasteiger partial charge in [0.25, 0.3) is 0 Å². The Balaban J connectivity index is 1.67. The zero-order chi connectivity index (χ0) is 21.7. The summed E-state index contributed by atoms with van der Waals surface area (Å²) < 4.78 is 39.6. The summed E-state index contributed by atoms with van der Waals surface area (Å²) in [7, 11) is 0. The second kappa shape index (κ2) is 9.00. The van der Waals surface area contributed by atoms with Gasteiger partial charge in [0.2, 0.25) is 0 Å². The van der Waals surface area contributed by atoms with E-state index >= 15 is 0 Å². The number of nitrogens with one attached hydrogen (secondary N) is 1. The summed E-state index contributed by atoms with van der Waals surface area (Å²) in [5.74, 6) is 1.02. The van der Waals surface area contributed by atoms with E-state index in [-0.39, 0.29) is 0 Å². The van der Waals surface area contributed by atoms with Gasteiger partial charge in [-0.1, -0.05) is 72.8 Å². The van der Waals surface area contributed by atoms with E-state index in [1.165, 1.54) is 11.6 Å². The topological polar surface area (TPSA) is 37.8 Å². The number of hydrogen-bond donors (Lipinski definition) is 1. The lowest BCUT2D eigenvalue weighted by Gasteiger charge is -2.12. The van der Waals surface area contributed by atoms with Crippen LogP contribution in [-0.4, -0.2) is 16.5 Å². The molecule has 4 rings (SSSR count). The maximum atomic E-state index is 13.2. The lowest BCUT2D eigenvalue weighted by atomic mass is 10.1. The van der Waals surface area contributed by atoms with Crippen LogP contribution in [0.4, 0.5) is 19.0 Å². The Morgan fingerprint density at radius 3 is 2.10 bits per heavy atom. The van der Waals surface area contributed by atoms with Crippen LogP contribution in [0.25, 0.3) is 22.6 Å². The van der Waals surface area contributed by atoms with E-state index < -0.39 is 11.7 Å². The molecule has 156 valence electrons. The number of halogens is 3. The maximum absolute atomic E-state index is 13.2. The average Bonchev–Trinajstić information content (AvgIpc) is 2.80. The predicted octanol–water partition coefficient (Wildman–Crippen LogP) is 6.48. The van der Waals surface area contributed by atoms with Crippen LogP contribution in [0, 0.1) is 0 Å². The Kier molecular flexibility index (Phi) is 5.98. The van der Waals surface area contributed by atoms with Gasteiger partial charge in [-0.25, -0.2) is 9.97 Å². The van der Waals surface area contributed by atoms with E-state index in [1.807, 2.05) is 60.7 Å². The fourth-order valence-corrected chi connectivity index (χ4v) is 3.24. The van der Waals surface area contributed by atoms with Crippen molar-refractivity contribution in [2.45, 2.75) is 12.6 Å². The van der Waals surface area contributed by atoms with Gasteiger partial charge in [-0.15, -0.1) is 0 Å². The molecule has 3 aromatic carbocycles. The highest BCUT2D eigenvalue weighted by Crippen LogP contribution is 2.32. The summed E-state index contributed by atoms with van der Waals surface area (Å²) in [6.07, 6.45) is -3.62. The largest absolute Gasteiger partial charge is 0.416 e. The third-order valence-corrected chi connectivity index (χ3v) is 4.81. The first kappa shape index (κ1) is 20.6. The van der Waals surface area contributed by atoms with Crippen molar-refractivity contribution in [1.29, 1.82) is 0 Å². The van der Waals surface area contributed by atoms with E-state index in [9.17, 15) is 13.2 Å². The van der Waals surface area contributed by atoms with Crippen molar-refractivity contribution < 1.29 is 13.2 Å². The first-order chi connectivity index (χ1) is 15.0. The summed E-state index contributed by atoms with van der Waals surface area (Å²) >= 11 is 0. The van der Waals surface area contributed by atoms with E-state index in [0.717, 1.165) is 24.1 Å². The molecule has 3 nitrogen and oxygen atoms in total. The number of rotatable bonds is 6. The van der Waals surface area contributed by atoms with Crippen molar-refractivity contribution in [1.82, 2.24) is 9.97 Å². The molecule has 1 aromatic heterocycles. The molecule has 0 amide bonds. The van der Waals surface area contributed by atoms with Gasteiger partial charge in [0, 0.05) is 23.7 Å². The highest BCUT2D eigenvalue weighted by atomic mass is 19.4. The van der Waals surface area contributed by atoms with Crippen LogP contribution in [0.1, 0.15) is 11.1 Å². The molecule has 0 aliphatic rings. The van der Waals surface area contributed by atoms with Gasteiger partial charge in [0.1, 0.15) is 5.82 Å². The van der Waals surface area contributed by atoms with Crippen molar-refractivity contribution in [2.75, 3.05) is 11.9 Å². The number of aromatic nitrogens is 2. The molecule has 0 saturated heterocycles. The smallest absolute Gasteiger partial charge is 0.370 e. The van der Waals surface area contributed by atoms with Crippen molar-refractivity contribution in [3.8, 4) is 22.6 Å². The molecular weight excluding hydrogens is 399 g/mol. The summed E-state index contributed by atoms with van der Waals surface area (Å²) in [5, 5.41) is 3.28. The lowest BCUT2D eigenvalue weighted by molar-refractivity contribution is -0.137. The fourth-order valence-electron chi connectivity index (χ4n) is 3.24. The monoisotopic (exact) mass is 419 g/mol. The van der Waals surface area contributed by atoms with Crippen LogP contribution in [-0.2, 0) is 12.6 Å². The highest BCUT2D eigenvalue weighted by Gasteiger charge is 2.30. The summed E-state index contributed by atoms with van der Waals surface area (Å²) in [6.45, 7) is 0.636. The minimum Gasteiger partial charge on any atom is -0.370 e. The molecule has 1 N–H and O–H groups in total. The Hall–Kier alpha value is -3.67. The van der Waals surface area contributed by atoms with Crippen molar-refractivity contribution in [3.63, 3.8) is 0 Å². The number of hydrogen-bond acceptors (Lipinski definition) is 3. The molecule has 31 heavy (non-hydrogen) atoms. The first-order valence-electron chi connectivity index (χ1n) is 9.89. The zero-order valence-corrected chi connectivity index (χ0v) is 16.6. The summed E-state index contributed by atoms with van der Waals surface area (Å²) in [6, 6.07) is 26.3. The molecule has 0 bridgehead atoms. The summed E-state index contributed by atoms with van der Waals surface area (Å²) in [5.41, 5.74) is 2.10. The second-order valence-corrected chi connectivity index (χ2v) is 7.07. The molecule has 0 fully saturated rings. The van der Waals surface area contributed by atoms with Gasteiger partial charge in [0.15, 0.2) is 5.82 Å². The van der Waals surface area contributed by atoms with Crippen LogP contribution in [0.15, 0.2) is 91.0 Å². The number of benzene rings is 3. The third-order valence-electron chi connectivity index (χ3n) is 4.81. The van der Waals surface area contributed by atoms with E-state index in [0.29, 0.717) is 29.4 Å². The molecule has 0 aliphatic carbocycles. The average molecular weight is 419 g/mol. The minimum atomic E-state index is -4.41. The molecule has 0 atom stereocenters. The Labute approximate surface area is 178 Å². The normalized spacial score (nSPS) is 11.3. The molecule has 0 unspecified atom stereocenters. The predicted molar refractivity (Wildman–Crippen MR) is 117 cm³/mol. The van der Waals surface area contributed by atoms with E-state index in [1.54, 1.807) is 12.1 Å². The van der Waals surface area contributed by atoms with Crippen LogP contribution in [0.2, 0.25) is 0 Å². The van der Waals surface area contributed by atoms with Crippen LogP contribution in [0.5, 0.6) is 0 Å². The molecule has 0 spiro atoms.